The Balaban J connectivity index is 1.90. The molecule has 1 amide bonds. The van der Waals surface area contributed by atoms with E-state index < -0.39 is 0 Å². The molecule has 0 spiro atoms. The number of hydrogen-bond donors (Lipinski definition) is 3. The summed E-state index contributed by atoms with van der Waals surface area (Å²) in [4.78, 5) is 19.8. The van der Waals surface area contributed by atoms with Crippen LogP contribution in [0.2, 0.25) is 0 Å². The molecule has 2 rings (SSSR count). The van der Waals surface area contributed by atoms with Gasteiger partial charge in [0.1, 0.15) is 0 Å². The Morgan fingerprint density at radius 2 is 2.04 bits per heavy atom. The van der Waals surface area contributed by atoms with Gasteiger partial charge in [0.25, 0.3) is 0 Å². The van der Waals surface area contributed by atoms with Gasteiger partial charge in [-0.2, -0.15) is 0 Å². The molecule has 27 heavy (non-hydrogen) atoms. The van der Waals surface area contributed by atoms with Crippen molar-refractivity contribution in [3.63, 3.8) is 0 Å². The van der Waals surface area contributed by atoms with Crippen molar-refractivity contribution in [2.45, 2.75) is 19.9 Å². The van der Waals surface area contributed by atoms with Crippen LogP contribution in [0.1, 0.15) is 17.4 Å². The predicted octanol–water partition coefficient (Wildman–Crippen LogP) is 2.55. The number of carbonyl (C=O) groups is 1. The molecule has 0 aliphatic heterocycles. The average Bonchev–Trinajstić information content (AvgIpc) is 3.12. The molecule has 0 aliphatic rings. The Morgan fingerprint density at radius 3 is 2.74 bits per heavy atom. The van der Waals surface area contributed by atoms with Crippen LogP contribution < -0.4 is 16.0 Å². The number of nitrogens with one attached hydrogen (secondary N) is 3. The first-order valence-electron chi connectivity index (χ1n) is 9.15. The zero-order chi connectivity index (χ0) is 19.5. The molecular formula is C20H29N5OS. The number of carbonyl (C=O) groups excluding carboxylic acids is 1. The SMILES string of the molecule is CCNC(=NCc1cccc(NC(=O)CN(C)C)c1)NCCc1cccs1. The van der Waals surface area contributed by atoms with Crippen molar-refractivity contribution >= 4 is 28.9 Å². The van der Waals surface area contributed by atoms with Crippen molar-refractivity contribution in [2.24, 2.45) is 4.99 Å². The maximum atomic E-state index is 11.9. The molecule has 0 fully saturated rings. The summed E-state index contributed by atoms with van der Waals surface area (Å²) in [6, 6.07) is 12.0. The van der Waals surface area contributed by atoms with Crippen LogP contribution in [0.5, 0.6) is 0 Å². The number of likely N-dealkylation sites (N-methyl/N-ethyl adjacent to an activating group) is 1. The van der Waals surface area contributed by atoms with E-state index in [1.54, 1.807) is 11.3 Å². The van der Waals surface area contributed by atoms with Gasteiger partial charge in [-0.25, -0.2) is 4.99 Å². The monoisotopic (exact) mass is 387 g/mol. The lowest BCUT2D eigenvalue weighted by atomic mass is 10.2. The lowest BCUT2D eigenvalue weighted by Crippen LogP contribution is -2.38. The maximum Gasteiger partial charge on any atom is 0.238 e. The van der Waals surface area contributed by atoms with Gasteiger partial charge >= 0.3 is 0 Å². The number of rotatable bonds is 9. The fourth-order valence-corrected chi connectivity index (χ4v) is 3.22. The maximum absolute atomic E-state index is 11.9. The van der Waals surface area contributed by atoms with Crippen molar-refractivity contribution < 1.29 is 4.79 Å². The minimum Gasteiger partial charge on any atom is -0.357 e. The molecule has 0 atom stereocenters. The highest BCUT2D eigenvalue weighted by Crippen LogP contribution is 2.12. The molecule has 1 aromatic carbocycles. The Bertz CT molecular complexity index is 728. The van der Waals surface area contributed by atoms with Crippen molar-refractivity contribution in [1.29, 1.82) is 0 Å². The lowest BCUT2D eigenvalue weighted by Gasteiger charge is -2.12. The molecule has 6 nitrogen and oxygen atoms in total. The van der Waals surface area contributed by atoms with Gasteiger partial charge in [0.05, 0.1) is 13.1 Å². The number of anilines is 1. The number of guanidine groups is 1. The molecule has 1 heterocycles. The normalized spacial score (nSPS) is 11.5. The minimum atomic E-state index is -0.0239. The van der Waals surface area contributed by atoms with Gasteiger partial charge < -0.3 is 20.9 Å². The highest BCUT2D eigenvalue weighted by atomic mass is 32.1. The molecule has 0 saturated heterocycles. The second-order valence-electron chi connectivity index (χ2n) is 6.44. The van der Waals surface area contributed by atoms with E-state index in [-0.39, 0.29) is 5.91 Å². The van der Waals surface area contributed by atoms with Crippen LogP contribution in [0.4, 0.5) is 5.69 Å². The third-order valence-electron chi connectivity index (χ3n) is 3.68. The summed E-state index contributed by atoms with van der Waals surface area (Å²) in [5, 5.41) is 11.6. The van der Waals surface area contributed by atoms with Gasteiger partial charge in [0.15, 0.2) is 5.96 Å². The zero-order valence-corrected chi connectivity index (χ0v) is 17.1. The van der Waals surface area contributed by atoms with Gasteiger partial charge in [-0.1, -0.05) is 18.2 Å². The largest absolute Gasteiger partial charge is 0.357 e. The number of benzene rings is 1. The Kier molecular flexibility index (Phi) is 8.80. The molecule has 0 saturated carbocycles. The number of thiophene rings is 1. The molecule has 0 aliphatic carbocycles. The Labute approximate surface area is 165 Å². The van der Waals surface area contributed by atoms with Crippen molar-refractivity contribution in [3.8, 4) is 0 Å². The second kappa shape index (κ2) is 11.4. The van der Waals surface area contributed by atoms with E-state index in [1.807, 2.05) is 43.3 Å². The van der Waals surface area contributed by atoms with Crippen LogP contribution in [-0.2, 0) is 17.8 Å². The summed E-state index contributed by atoms with van der Waals surface area (Å²) < 4.78 is 0. The fourth-order valence-electron chi connectivity index (χ4n) is 2.51. The third kappa shape index (κ3) is 8.23. The highest BCUT2D eigenvalue weighted by Gasteiger charge is 2.04. The number of aliphatic imine (C=N–C) groups is 1. The predicted molar refractivity (Wildman–Crippen MR) is 114 cm³/mol. The van der Waals surface area contributed by atoms with Crippen LogP contribution in [0.3, 0.4) is 0 Å². The first-order valence-corrected chi connectivity index (χ1v) is 10.0. The quantitative estimate of drug-likeness (QED) is 0.457. The zero-order valence-electron chi connectivity index (χ0n) is 16.3. The van der Waals surface area contributed by atoms with Crippen LogP contribution in [0.25, 0.3) is 0 Å². The highest BCUT2D eigenvalue weighted by molar-refractivity contribution is 7.09. The first-order chi connectivity index (χ1) is 13.1. The molecule has 146 valence electrons. The van der Waals surface area contributed by atoms with Gasteiger partial charge in [0, 0.05) is 23.7 Å². The number of hydrogen-bond acceptors (Lipinski definition) is 4. The molecule has 0 unspecified atom stereocenters. The topological polar surface area (TPSA) is 68.8 Å². The van der Waals surface area contributed by atoms with Crippen LogP contribution >= 0.6 is 11.3 Å². The Hall–Kier alpha value is -2.38. The van der Waals surface area contributed by atoms with Gasteiger partial charge in [-0.05, 0) is 56.6 Å². The van der Waals surface area contributed by atoms with E-state index >= 15 is 0 Å². The Morgan fingerprint density at radius 1 is 1.19 bits per heavy atom. The fraction of sp³-hybridized carbons (Fsp3) is 0.400. The van der Waals surface area contributed by atoms with Crippen molar-refractivity contribution in [1.82, 2.24) is 15.5 Å². The van der Waals surface area contributed by atoms with E-state index in [9.17, 15) is 4.79 Å². The van der Waals surface area contributed by atoms with E-state index in [0.717, 1.165) is 36.7 Å². The summed E-state index contributed by atoms with van der Waals surface area (Å²) in [5.41, 5.74) is 1.85. The van der Waals surface area contributed by atoms with Gasteiger partial charge in [-0.15, -0.1) is 11.3 Å². The van der Waals surface area contributed by atoms with E-state index in [1.165, 1.54) is 4.88 Å². The van der Waals surface area contributed by atoms with E-state index in [4.69, 9.17) is 0 Å². The van der Waals surface area contributed by atoms with Crippen molar-refractivity contribution in [3.05, 3.63) is 52.2 Å². The summed E-state index contributed by atoms with van der Waals surface area (Å²) in [5.74, 6) is 0.778. The minimum absolute atomic E-state index is 0.0239. The summed E-state index contributed by atoms with van der Waals surface area (Å²) >= 11 is 1.77. The standard InChI is InChI=1S/C20H29N5OS/c1-4-21-20(22-11-10-18-9-6-12-27-18)23-14-16-7-5-8-17(13-16)24-19(26)15-25(2)3/h5-9,12-13H,4,10-11,14-15H2,1-3H3,(H,24,26)(H2,21,22,23). The first kappa shape index (κ1) is 20.9. The summed E-state index contributed by atoms with van der Waals surface area (Å²) in [6.07, 6.45) is 0.982. The van der Waals surface area contributed by atoms with Gasteiger partial charge in [0.2, 0.25) is 5.91 Å². The molecule has 0 radical (unpaired) electrons. The second-order valence-corrected chi connectivity index (χ2v) is 7.47. The molecular weight excluding hydrogens is 358 g/mol. The smallest absolute Gasteiger partial charge is 0.238 e. The molecule has 2 aromatic rings. The van der Waals surface area contributed by atoms with E-state index in [2.05, 4.69) is 45.4 Å². The summed E-state index contributed by atoms with van der Waals surface area (Å²) in [7, 11) is 3.75. The van der Waals surface area contributed by atoms with Crippen LogP contribution in [-0.4, -0.2) is 50.5 Å². The van der Waals surface area contributed by atoms with E-state index in [0.29, 0.717) is 13.1 Å². The van der Waals surface area contributed by atoms with Crippen LogP contribution in [0, 0.1) is 0 Å². The molecule has 7 heteroatoms. The number of amides is 1. The number of nitrogens with zero attached hydrogens (tertiary/aromatic N) is 2. The van der Waals surface area contributed by atoms with Crippen LogP contribution in [0.15, 0.2) is 46.8 Å². The third-order valence-corrected chi connectivity index (χ3v) is 4.61. The molecule has 1 aromatic heterocycles. The summed E-state index contributed by atoms with van der Waals surface area (Å²) in [6.45, 7) is 4.61. The molecule has 3 N–H and O–H groups in total. The van der Waals surface area contributed by atoms with Gasteiger partial charge in [-0.3, -0.25) is 4.79 Å². The average molecular weight is 388 g/mol. The van der Waals surface area contributed by atoms with Crippen molar-refractivity contribution in [2.75, 3.05) is 39.0 Å². The molecule has 0 bridgehead atoms. The lowest BCUT2D eigenvalue weighted by molar-refractivity contribution is -0.116.